The Morgan fingerprint density at radius 2 is 2.26 bits per heavy atom. The molecule has 2 heterocycles. The average Bonchev–Trinajstić information content (AvgIpc) is 2.93. The summed E-state index contributed by atoms with van der Waals surface area (Å²) < 4.78 is 1.58. The SMILES string of the molecule is CC1C(C(=O)O)CCN1C(=O)C(N)c1cnn(C)c1. The molecule has 1 amide bonds. The van der Waals surface area contributed by atoms with Crippen molar-refractivity contribution in [2.45, 2.75) is 25.4 Å². The lowest BCUT2D eigenvalue weighted by Crippen LogP contribution is -2.42. The number of aromatic nitrogens is 2. The highest BCUT2D eigenvalue weighted by Crippen LogP contribution is 2.27. The molecule has 0 aliphatic carbocycles. The lowest BCUT2D eigenvalue weighted by molar-refractivity contribution is -0.143. The van der Waals surface area contributed by atoms with E-state index in [9.17, 15) is 9.59 Å². The smallest absolute Gasteiger partial charge is 0.308 e. The maximum atomic E-state index is 12.3. The highest BCUT2D eigenvalue weighted by atomic mass is 16.4. The van der Waals surface area contributed by atoms with Gasteiger partial charge in [0.15, 0.2) is 0 Å². The first kappa shape index (κ1) is 13.5. The fourth-order valence-electron chi connectivity index (χ4n) is 2.50. The first-order chi connectivity index (χ1) is 8.91. The van der Waals surface area contributed by atoms with Crippen LogP contribution in [0.1, 0.15) is 24.9 Å². The minimum atomic E-state index is -0.863. The van der Waals surface area contributed by atoms with Crippen LogP contribution in [-0.4, -0.2) is 44.3 Å². The van der Waals surface area contributed by atoms with Crippen molar-refractivity contribution < 1.29 is 14.7 Å². The molecule has 0 radical (unpaired) electrons. The molecular weight excluding hydrogens is 248 g/mol. The molecule has 0 spiro atoms. The van der Waals surface area contributed by atoms with Crippen molar-refractivity contribution >= 4 is 11.9 Å². The minimum Gasteiger partial charge on any atom is -0.481 e. The number of rotatable bonds is 3. The number of amides is 1. The van der Waals surface area contributed by atoms with Crippen LogP contribution >= 0.6 is 0 Å². The van der Waals surface area contributed by atoms with E-state index in [1.807, 2.05) is 0 Å². The van der Waals surface area contributed by atoms with Crippen LogP contribution in [0.2, 0.25) is 0 Å². The average molecular weight is 266 g/mol. The number of nitrogens with zero attached hydrogens (tertiary/aromatic N) is 3. The highest BCUT2D eigenvalue weighted by molar-refractivity contribution is 5.84. The number of aliphatic carboxylic acids is 1. The molecular formula is C12H18N4O3. The van der Waals surface area contributed by atoms with Crippen molar-refractivity contribution in [3.05, 3.63) is 18.0 Å². The fourth-order valence-corrected chi connectivity index (χ4v) is 2.50. The standard InChI is InChI=1S/C12H18N4O3/c1-7-9(12(18)19)3-4-16(7)11(17)10(13)8-5-14-15(2)6-8/h5-7,9-10H,3-4,13H2,1-2H3,(H,18,19). The van der Waals surface area contributed by atoms with Gasteiger partial charge in [-0.3, -0.25) is 14.3 Å². The molecule has 3 N–H and O–H groups in total. The van der Waals surface area contributed by atoms with Gasteiger partial charge in [-0.15, -0.1) is 0 Å². The summed E-state index contributed by atoms with van der Waals surface area (Å²) in [6, 6.07) is -1.11. The number of carboxylic acid groups (broad SMARTS) is 1. The lowest BCUT2D eigenvalue weighted by Gasteiger charge is -2.25. The molecule has 7 nitrogen and oxygen atoms in total. The van der Waals surface area contributed by atoms with Gasteiger partial charge in [-0.2, -0.15) is 5.10 Å². The maximum absolute atomic E-state index is 12.3. The van der Waals surface area contributed by atoms with Gasteiger partial charge in [-0.1, -0.05) is 0 Å². The van der Waals surface area contributed by atoms with Crippen LogP contribution in [0, 0.1) is 5.92 Å². The van der Waals surface area contributed by atoms with Gasteiger partial charge in [0.1, 0.15) is 6.04 Å². The zero-order valence-corrected chi connectivity index (χ0v) is 11.0. The topological polar surface area (TPSA) is 101 Å². The van der Waals surface area contributed by atoms with Crippen LogP contribution in [0.3, 0.4) is 0 Å². The Kier molecular flexibility index (Phi) is 3.57. The first-order valence-corrected chi connectivity index (χ1v) is 6.19. The van der Waals surface area contributed by atoms with E-state index < -0.39 is 17.9 Å². The van der Waals surface area contributed by atoms with Crippen LogP contribution in [-0.2, 0) is 16.6 Å². The number of aryl methyl sites for hydroxylation is 1. The summed E-state index contributed by atoms with van der Waals surface area (Å²) >= 11 is 0. The Morgan fingerprint density at radius 1 is 1.58 bits per heavy atom. The second kappa shape index (κ2) is 5.00. The van der Waals surface area contributed by atoms with Crippen LogP contribution in [0.25, 0.3) is 0 Å². The van der Waals surface area contributed by atoms with Gasteiger partial charge in [0, 0.05) is 31.4 Å². The molecule has 1 fully saturated rings. The summed E-state index contributed by atoms with van der Waals surface area (Å²) in [5.41, 5.74) is 6.56. The number of likely N-dealkylation sites (tertiary alicyclic amines) is 1. The molecule has 1 aromatic rings. The number of carbonyl (C=O) groups excluding carboxylic acids is 1. The van der Waals surface area contributed by atoms with Gasteiger partial charge in [0.05, 0.1) is 12.1 Å². The molecule has 0 saturated carbocycles. The van der Waals surface area contributed by atoms with Crippen molar-refractivity contribution in [1.82, 2.24) is 14.7 Å². The van der Waals surface area contributed by atoms with Gasteiger partial charge in [-0.05, 0) is 13.3 Å². The Bertz CT molecular complexity index is 499. The molecule has 2 rings (SSSR count). The van der Waals surface area contributed by atoms with Gasteiger partial charge >= 0.3 is 5.97 Å². The third-order valence-electron chi connectivity index (χ3n) is 3.71. The summed E-state index contributed by atoms with van der Waals surface area (Å²) in [4.78, 5) is 24.9. The summed E-state index contributed by atoms with van der Waals surface area (Å²) in [6.07, 6.45) is 3.72. The molecule has 1 aliphatic rings. The first-order valence-electron chi connectivity index (χ1n) is 6.19. The lowest BCUT2D eigenvalue weighted by atomic mass is 10.0. The van der Waals surface area contributed by atoms with E-state index in [2.05, 4.69) is 5.10 Å². The van der Waals surface area contributed by atoms with E-state index in [4.69, 9.17) is 10.8 Å². The van der Waals surface area contributed by atoms with Crippen LogP contribution in [0.15, 0.2) is 12.4 Å². The number of carboxylic acids is 1. The van der Waals surface area contributed by atoms with E-state index in [0.717, 1.165) is 0 Å². The number of nitrogens with two attached hydrogens (primary N) is 1. The predicted molar refractivity (Wildman–Crippen MR) is 67.1 cm³/mol. The van der Waals surface area contributed by atoms with E-state index in [0.29, 0.717) is 18.5 Å². The van der Waals surface area contributed by atoms with E-state index in [-0.39, 0.29) is 11.9 Å². The Morgan fingerprint density at radius 3 is 2.74 bits per heavy atom. The van der Waals surface area contributed by atoms with E-state index in [1.165, 1.54) is 0 Å². The van der Waals surface area contributed by atoms with Crippen molar-refractivity contribution in [2.75, 3.05) is 6.54 Å². The normalized spacial score (nSPS) is 24.5. The van der Waals surface area contributed by atoms with Crippen LogP contribution < -0.4 is 5.73 Å². The van der Waals surface area contributed by atoms with Crippen molar-refractivity contribution in [3.63, 3.8) is 0 Å². The molecule has 7 heteroatoms. The Labute approximate surface area is 111 Å². The molecule has 1 aromatic heterocycles. The van der Waals surface area contributed by atoms with Gasteiger partial charge in [0.25, 0.3) is 0 Å². The monoisotopic (exact) mass is 266 g/mol. The number of hydrogen-bond donors (Lipinski definition) is 2. The Hall–Kier alpha value is -1.89. The molecule has 1 aliphatic heterocycles. The number of hydrogen-bond acceptors (Lipinski definition) is 4. The minimum absolute atomic E-state index is 0.246. The molecule has 19 heavy (non-hydrogen) atoms. The molecule has 1 saturated heterocycles. The number of carbonyl (C=O) groups is 2. The van der Waals surface area contributed by atoms with Crippen LogP contribution in [0.5, 0.6) is 0 Å². The second-order valence-electron chi connectivity index (χ2n) is 4.93. The fraction of sp³-hybridized carbons (Fsp3) is 0.583. The predicted octanol–water partition coefficient (Wildman–Crippen LogP) is -0.258. The Balaban J connectivity index is 2.10. The third-order valence-corrected chi connectivity index (χ3v) is 3.71. The van der Waals surface area contributed by atoms with E-state index in [1.54, 1.807) is 35.9 Å². The largest absolute Gasteiger partial charge is 0.481 e. The van der Waals surface area contributed by atoms with Gasteiger partial charge in [-0.25, -0.2) is 0 Å². The third kappa shape index (κ3) is 2.46. The van der Waals surface area contributed by atoms with Gasteiger partial charge < -0.3 is 15.7 Å². The molecule has 104 valence electrons. The zero-order chi connectivity index (χ0) is 14.2. The molecule has 0 bridgehead atoms. The molecule has 3 atom stereocenters. The molecule has 3 unspecified atom stereocenters. The molecule has 0 aromatic carbocycles. The van der Waals surface area contributed by atoms with Crippen LogP contribution in [0.4, 0.5) is 0 Å². The summed E-state index contributed by atoms with van der Waals surface area (Å²) in [6.45, 7) is 2.19. The van der Waals surface area contributed by atoms with Crippen molar-refractivity contribution in [1.29, 1.82) is 0 Å². The highest BCUT2D eigenvalue weighted by Gasteiger charge is 2.39. The van der Waals surface area contributed by atoms with Gasteiger partial charge in [0.2, 0.25) is 5.91 Å². The van der Waals surface area contributed by atoms with Crippen molar-refractivity contribution in [3.8, 4) is 0 Å². The van der Waals surface area contributed by atoms with Crippen molar-refractivity contribution in [2.24, 2.45) is 18.7 Å². The quantitative estimate of drug-likeness (QED) is 0.785. The summed E-state index contributed by atoms with van der Waals surface area (Å²) in [7, 11) is 1.75. The maximum Gasteiger partial charge on any atom is 0.308 e. The summed E-state index contributed by atoms with van der Waals surface area (Å²) in [5, 5.41) is 13.0. The summed E-state index contributed by atoms with van der Waals surface area (Å²) in [5.74, 6) is -1.62. The zero-order valence-electron chi connectivity index (χ0n) is 11.0. The second-order valence-corrected chi connectivity index (χ2v) is 4.93. The van der Waals surface area contributed by atoms with E-state index >= 15 is 0 Å².